The second-order valence-electron chi connectivity index (χ2n) is 12.0. The lowest BCUT2D eigenvalue weighted by Gasteiger charge is -2.21. The molecule has 1 saturated heterocycles. The van der Waals surface area contributed by atoms with Crippen LogP contribution in [0.25, 0.3) is 22.2 Å². The number of carbonyl (C=O) groups is 1. The van der Waals surface area contributed by atoms with Crippen LogP contribution in [0.3, 0.4) is 0 Å². The van der Waals surface area contributed by atoms with Crippen LogP contribution in [0.2, 0.25) is 0 Å². The summed E-state index contributed by atoms with van der Waals surface area (Å²) in [6, 6.07) is 9.67. The van der Waals surface area contributed by atoms with E-state index in [4.69, 9.17) is 9.72 Å². The molecule has 0 spiro atoms. The third-order valence-electron chi connectivity index (χ3n) is 8.45. The van der Waals surface area contributed by atoms with Crippen LogP contribution in [0.5, 0.6) is 5.88 Å². The molecule has 1 saturated carbocycles. The first-order valence-electron chi connectivity index (χ1n) is 15.5. The molecule has 1 amide bonds. The number of rotatable bonds is 11. The number of para-hydroxylation sites is 1. The lowest BCUT2D eigenvalue weighted by molar-refractivity contribution is -0.117. The maximum absolute atomic E-state index is 13.3. The normalized spacial score (nSPS) is 18.2. The van der Waals surface area contributed by atoms with Gasteiger partial charge in [0.1, 0.15) is 6.10 Å². The summed E-state index contributed by atoms with van der Waals surface area (Å²) in [4.78, 5) is 36.6. The van der Waals surface area contributed by atoms with Gasteiger partial charge in [-0.25, -0.2) is 15.0 Å². The maximum atomic E-state index is 13.3. The first-order chi connectivity index (χ1) is 22.3. The van der Waals surface area contributed by atoms with E-state index in [-0.39, 0.29) is 31.2 Å². The van der Waals surface area contributed by atoms with Gasteiger partial charge in [-0.2, -0.15) is 10.1 Å². The van der Waals surface area contributed by atoms with E-state index in [1.165, 1.54) is 0 Å². The van der Waals surface area contributed by atoms with Gasteiger partial charge in [-0.1, -0.05) is 12.1 Å². The number of hydrogen-bond acceptors (Lipinski definition) is 11. The van der Waals surface area contributed by atoms with Crippen LogP contribution in [0.15, 0.2) is 48.9 Å². The minimum absolute atomic E-state index is 0.0734. The summed E-state index contributed by atoms with van der Waals surface area (Å²) in [7, 11) is 1.88. The molecule has 7 rings (SSSR count). The number of anilines is 4. The van der Waals surface area contributed by atoms with Crippen molar-refractivity contribution in [1.29, 1.82) is 0 Å². The van der Waals surface area contributed by atoms with Gasteiger partial charge in [0.2, 0.25) is 23.7 Å². The van der Waals surface area contributed by atoms with Gasteiger partial charge in [0.25, 0.3) is 0 Å². The van der Waals surface area contributed by atoms with Crippen molar-refractivity contribution in [1.82, 2.24) is 39.6 Å². The van der Waals surface area contributed by atoms with E-state index in [9.17, 15) is 9.90 Å². The standard InChI is InChI=1S/C32H37N11O3/c1-18-13-35-32(38-26-11-19(2)42(3)41-26)40-29(18)24-14-34-30-23(24)5-4-6-25(30)37-27(45)16-43-15-22(12-21(43)17-44)46-28-9-10-33-31(39-28)36-20-7-8-20/h4-6,9-11,13-14,20-22,34,44H,7-8,12,15-17H2,1-3H3,(H,37,45)(H,33,36,39)(H,35,38,40,41)/t21-,22-/m0/s1. The lowest BCUT2D eigenvalue weighted by Crippen LogP contribution is -2.39. The lowest BCUT2D eigenvalue weighted by atomic mass is 10.1. The van der Waals surface area contributed by atoms with Crippen LogP contribution in [-0.4, -0.2) is 88.5 Å². The number of aromatic nitrogens is 7. The second kappa shape index (κ2) is 12.4. The Bertz CT molecular complexity index is 1860. The van der Waals surface area contributed by atoms with E-state index in [1.54, 1.807) is 23.1 Å². The largest absolute Gasteiger partial charge is 0.473 e. The number of carbonyl (C=O) groups excluding carboxylic acids is 1. The summed E-state index contributed by atoms with van der Waals surface area (Å²) < 4.78 is 7.93. The van der Waals surface area contributed by atoms with Gasteiger partial charge in [0, 0.05) is 79.5 Å². The number of hydrogen-bond donors (Lipinski definition) is 5. The molecule has 14 heteroatoms. The van der Waals surface area contributed by atoms with E-state index in [2.05, 4.69) is 41.0 Å². The molecule has 5 N–H and O–H groups in total. The van der Waals surface area contributed by atoms with Crippen LogP contribution >= 0.6 is 0 Å². The molecule has 5 heterocycles. The van der Waals surface area contributed by atoms with Crippen LogP contribution in [0.4, 0.5) is 23.4 Å². The Morgan fingerprint density at radius 3 is 2.80 bits per heavy atom. The molecule has 5 aromatic rings. The number of aliphatic hydroxyl groups is 1. The molecule has 4 aromatic heterocycles. The minimum atomic E-state index is -0.208. The Morgan fingerprint density at radius 1 is 1.15 bits per heavy atom. The molecule has 1 aromatic carbocycles. The summed E-state index contributed by atoms with van der Waals surface area (Å²) in [5.41, 5.74) is 5.05. The number of H-pyrrole nitrogens is 1. The van der Waals surface area contributed by atoms with Crippen molar-refractivity contribution in [2.75, 3.05) is 35.6 Å². The Kier molecular flexibility index (Phi) is 7.96. The number of aryl methyl sites for hydroxylation is 3. The molecule has 1 aliphatic heterocycles. The Balaban J connectivity index is 1.03. The predicted octanol–water partition coefficient (Wildman–Crippen LogP) is 3.54. The van der Waals surface area contributed by atoms with Crippen molar-refractivity contribution in [2.24, 2.45) is 7.05 Å². The first-order valence-corrected chi connectivity index (χ1v) is 15.5. The molecule has 0 bridgehead atoms. The maximum Gasteiger partial charge on any atom is 0.238 e. The van der Waals surface area contributed by atoms with E-state index < -0.39 is 0 Å². The summed E-state index contributed by atoms with van der Waals surface area (Å²) in [6.07, 6.45) is 7.98. The number of nitrogens with one attached hydrogen (secondary N) is 4. The third-order valence-corrected chi connectivity index (χ3v) is 8.45. The first kappa shape index (κ1) is 29.6. The van der Waals surface area contributed by atoms with Crippen molar-refractivity contribution in [3.63, 3.8) is 0 Å². The zero-order valence-corrected chi connectivity index (χ0v) is 26.0. The molecule has 238 valence electrons. The number of ether oxygens (including phenoxy) is 1. The second-order valence-corrected chi connectivity index (χ2v) is 12.0. The van der Waals surface area contributed by atoms with E-state index in [1.807, 2.05) is 56.3 Å². The average Bonchev–Trinajstić information content (AvgIpc) is 3.46. The van der Waals surface area contributed by atoms with Crippen LogP contribution in [-0.2, 0) is 11.8 Å². The van der Waals surface area contributed by atoms with Gasteiger partial charge in [0.15, 0.2) is 5.82 Å². The number of nitrogens with zero attached hydrogens (tertiary/aromatic N) is 7. The van der Waals surface area contributed by atoms with Crippen LogP contribution in [0, 0.1) is 13.8 Å². The third kappa shape index (κ3) is 6.34. The Morgan fingerprint density at radius 2 is 2.02 bits per heavy atom. The van der Waals surface area contributed by atoms with Gasteiger partial charge in [0.05, 0.1) is 30.0 Å². The van der Waals surface area contributed by atoms with Gasteiger partial charge in [-0.05, 0) is 38.3 Å². The van der Waals surface area contributed by atoms with Crippen LogP contribution < -0.4 is 20.7 Å². The molecule has 14 nitrogen and oxygen atoms in total. The molecule has 0 radical (unpaired) electrons. The quantitative estimate of drug-likeness (QED) is 0.146. The van der Waals surface area contributed by atoms with Gasteiger partial charge >= 0.3 is 0 Å². The molecule has 1 aliphatic carbocycles. The molecule has 46 heavy (non-hydrogen) atoms. The molecular formula is C32H37N11O3. The number of fused-ring (bicyclic) bond motifs is 1. The number of aliphatic hydroxyl groups excluding tert-OH is 1. The van der Waals surface area contributed by atoms with E-state index in [0.717, 1.165) is 46.3 Å². The highest BCUT2D eigenvalue weighted by Crippen LogP contribution is 2.34. The van der Waals surface area contributed by atoms with Crippen molar-refractivity contribution in [2.45, 2.75) is 51.3 Å². The predicted molar refractivity (Wildman–Crippen MR) is 174 cm³/mol. The molecule has 2 aliphatic rings. The van der Waals surface area contributed by atoms with Gasteiger partial charge < -0.3 is 30.8 Å². The summed E-state index contributed by atoms with van der Waals surface area (Å²) in [5, 5.41) is 25.0. The van der Waals surface area contributed by atoms with Gasteiger partial charge in [-0.3, -0.25) is 14.4 Å². The Hall–Kier alpha value is -5.08. The monoisotopic (exact) mass is 623 g/mol. The molecule has 0 unspecified atom stereocenters. The van der Waals surface area contributed by atoms with Crippen molar-refractivity contribution in [3.8, 4) is 17.1 Å². The average molecular weight is 624 g/mol. The highest BCUT2D eigenvalue weighted by atomic mass is 16.5. The number of likely N-dealkylation sites (tertiary alicyclic amines) is 1. The zero-order valence-electron chi connectivity index (χ0n) is 26.0. The zero-order chi connectivity index (χ0) is 31.8. The highest BCUT2D eigenvalue weighted by molar-refractivity contribution is 6.06. The molecule has 2 atom stereocenters. The van der Waals surface area contributed by atoms with Crippen molar-refractivity contribution < 1.29 is 14.6 Å². The fourth-order valence-corrected chi connectivity index (χ4v) is 5.80. The molecular weight excluding hydrogens is 586 g/mol. The van der Waals surface area contributed by atoms with Crippen molar-refractivity contribution >= 4 is 40.2 Å². The SMILES string of the molecule is Cc1cnc(Nc2cc(C)n(C)n2)nc1-c1c[nH]c2c(NC(=O)CN3C[C@@H](Oc4ccnc(NC5CC5)n4)C[C@H]3CO)cccc12. The highest BCUT2D eigenvalue weighted by Gasteiger charge is 2.34. The Labute approximate surface area is 265 Å². The summed E-state index contributed by atoms with van der Waals surface area (Å²) >= 11 is 0. The molecule has 2 fully saturated rings. The summed E-state index contributed by atoms with van der Waals surface area (Å²) in [5.74, 6) is 1.97. The van der Waals surface area contributed by atoms with E-state index >= 15 is 0 Å². The van der Waals surface area contributed by atoms with Gasteiger partial charge in [-0.15, -0.1) is 0 Å². The fourth-order valence-electron chi connectivity index (χ4n) is 5.80. The number of amides is 1. The number of aromatic amines is 1. The van der Waals surface area contributed by atoms with Crippen molar-refractivity contribution in [3.05, 3.63) is 60.2 Å². The van der Waals surface area contributed by atoms with Crippen LogP contribution in [0.1, 0.15) is 30.5 Å². The topological polar surface area (TPSA) is 171 Å². The smallest absolute Gasteiger partial charge is 0.238 e. The number of benzene rings is 1. The summed E-state index contributed by atoms with van der Waals surface area (Å²) in [6.45, 7) is 4.48. The minimum Gasteiger partial charge on any atom is -0.473 e. The van der Waals surface area contributed by atoms with E-state index in [0.29, 0.717) is 48.3 Å². The fraction of sp³-hybridized carbons (Fsp3) is 0.375.